The van der Waals surface area contributed by atoms with Gasteiger partial charge >= 0.3 is 0 Å². The number of hydrogen-bond donors (Lipinski definition) is 2. The molecule has 0 fully saturated rings. The van der Waals surface area contributed by atoms with E-state index in [0.717, 1.165) is 38.5 Å². The third kappa shape index (κ3) is 4.21. The molecule has 0 aliphatic carbocycles. The third-order valence-electron chi connectivity index (χ3n) is 3.46. The first-order chi connectivity index (χ1) is 12.1. The van der Waals surface area contributed by atoms with E-state index in [1.807, 2.05) is 44.2 Å². The Labute approximate surface area is 153 Å². The third-order valence-corrected chi connectivity index (χ3v) is 5.53. The van der Waals surface area contributed by atoms with E-state index in [2.05, 4.69) is 25.6 Å². The summed E-state index contributed by atoms with van der Waals surface area (Å²) in [7, 11) is -0.985. The van der Waals surface area contributed by atoms with E-state index in [9.17, 15) is 4.21 Å². The maximum absolute atomic E-state index is 11.5. The number of thiazole rings is 1. The van der Waals surface area contributed by atoms with Gasteiger partial charge in [0.2, 0.25) is 5.95 Å². The van der Waals surface area contributed by atoms with Gasteiger partial charge in [-0.25, -0.2) is 15.0 Å². The molecule has 2 aromatic heterocycles. The highest BCUT2D eigenvalue weighted by molar-refractivity contribution is 7.84. The lowest BCUT2D eigenvalue weighted by molar-refractivity contribution is 0.687. The second-order valence-electron chi connectivity index (χ2n) is 5.33. The fourth-order valence-corrected chi connectivity index (χ4v) is 3.79. The Morgan fingerprint density at radius 2 is 1.92 bits per heavy atom. The lowest BCUT2D eigenvalue weighted by Gasteiger charge is -2.06. The van der Waals surface area contributed by atoms with Gasteiger partial charge in [0, 0.05) is 40.4 Å². The molecule has 2 heterocycles. The Morgan fingerprint density at radius 3 is 2.60 bits per heavy atom. The Kier molecular flexibility index (Phi) is 5.40. The van der Waals surface area contributed by atoms with Crippen LogP contribution in [0.1, 0.15) is 12.6 Å². The number of aryl methyl sites for hydroxylation is 1. The molecule has 1 unspecified atom stereocenters. The Bertz CT molecular complexity index is 892. The molecule has 25 heavy (non-hydrogen) atoms. The van der Waals surface area contributed by atoms with E-state index in [0.29, 0.717) is 5.95 Å². The van der Waals surface area contributed by atoms with E-state index in [-0.39, 0.29) is 0 Å². The van der Waals surface area contributed by atoms with Crippen LogP contribution in [0.2, 0.25) is 0 Å². The standard InChI is InChI=1S/C17H19N5OS2/c1-4-18-17-20-11(2)15(24-17)14-9-10-19-16(22-14)21-12-5-7-13(8-6-12)25(3)23/h5-10H,4H2,1-3H3,(H,18,20)(H,19,21,22). The maximum Gasteiger partial charge on any atom is 0.227 e. The summed E-state index contributed by atoms with van der Waals surface area (Å²) in [5, 5.41) is 7.30. The lowest BCUT2D eigenvalue weighted by atomic mass is 10.3. The fourth-order valence-electron chi connectivity index (χ4n) is 2.27. The second-order valence-corrected chi connectivity index (χ2v) is 7.71. The minimum Gasteiger partial charge on any atom is -0.362 e. The van der Waals surface area contributed by atoms with E-state index >= 15 is 0 Å². The van der Waals surface area contributed by atoms with Gasteiger partial charge in [0.1, 0.15) is 0 Å². The van der Waals surface area contributed by atoms with Crippen LogP contribution in [0.3, 0.4) is 0 Å². The molecular formula is C17H19N5OS2. The Morgan fingerprint density at radius 1 is 1.16 bits per heavy atom. The van der Waals surface area contributed by atoms with Gasteiger partial charge < -0.3 is 10.6 Å². The monoisotopic (exact) mass is 373 g/mol. The zero-order valence-corrected chi connectivity index (χ0v) is 15.9. The molecule has 6 nitrogen and oxygen atoms in total. The molecule has 0 aliphatic rings. The first-order valence-electron chi connectivity index (χ1n) is 7.82. The van der Waals surface area contributed by atoms with Crippen LogP contribution in [0.25, 0.3) is 10.6 Å². The number of aromatic nitrogens is 3. The van der Waals surface area contributed by atoms with Gasteiger partial charge in [0.25, 0.3) is 0 Å². The second kappa shape index (κ2) is 7.71. The van der Waals surface area contributed by atoms with Crippen molar-refractivity contribution in [3.63, 3.8) is 0 Å². The number of nitrogens with one attached hydrogen (secondary N) is 2. The van der Waals surface area contributed by atoms with Gasteiger partial charge in [0.15, 0.2) is 5.13 Å². The molecule has 130 valence electrons. The van der Waals surface area contributed by atoms with Crippen LogP contribution < -0.4 is 10.6 Å². The van der Waals surface area contributed by atoms with Crippen LogP contribution in [-0.4, -0.2) is 32.0 Å². The Balaban J connectivity index is 1.83. The van der Waals surface area contributed by atoms with Crippen molar-refractivity contribution in [2.75, 3.05) is 23.4 Å². The molecule has 3 rings (SSSR count). The summed E-state index contributed by atoms with van der Waals surface area (Å²) in [6, 6.07) is 9.28. The minimum absolute atomic E-state index is 0.515. The average molecular weight is 374 g/mol. The summed E-state index contributed by atoms with van der Waals surface area (Å²) < 4.78 is 11.5. The number of hydrogen-bond acceptors (Lipinski definition) is 7. The molecule has 0 aliphatic heterocycles. The molecule has 1 aromatic carbocycles. The smallest absolute Gasteiger partial charge is 0.227 e. The summed E-state index contributed by atoms with van der Waals surface area (Å²) in [6.45, 7) is 4.86. The first kappa shape index (κ1) is 17.5. The van der Waals surface area contributed by atoms with Crippen LogP contribution >= 0.6 is 11.3 Å². The average Bonchev–Trinajstić information content (AvgIpc) is 2.96. The summed E-state index contributed by atoms with van der Waals surface area (Å²) in [5.74, 6) is 0.515. The molecule has 0 radical (unpaired) electrons. The van der Waals surface area contributed by atoms with Crippen molar-refractivity contribution < 1.29 is 4.21 Å². The number of benzene rings is 1. The predicted molar refractivity (Wildman–Crippen MR) is 104 cm³/mol. The summed E-state index contributed by atoms with van der Waals surface area (Å²) in [4.78, 5) is 15.2. The van der Waals surface area contributed by atoms with Crippen molar-refractivity contribution in [3.8, 4) is 10.6 Å². The largest absolute Gasteiger partial charge is 0.362 e. The molecule has 0 saturated heterocycles. The zero-order valence-electron chi connectivity index (χ0n) is 14.2. The topological polar surface area (TPSA) is 79.8 Å². The predicted octanol–water partition coefficient (Wildman–Crippen LogP) is 3.82. The fraction of sp³-hybridized carbons (Fsp3) is 0.235. The molecule has 0 bridgehead atoms. The SMILES string of the molecule is CCNc1nc(C)c(-c2ccnc(Nc3ccc(S(C)=O)cc3)n2)s1. The van der Waals surface area contributed by atoms with Gasteiger partial charge in [-0.1, -0.05) is 11.3 Å². The van der Waals surface area contributed by atoms with Crippen molar-refractivity contribution in [1.82, 2.24) is 15.0 Å². The highest BCUT2D eigenvalue weighted by Crippen LogP contribution is 2.31. The number of nitrogens with zero attached hydrogens (tertiary/aromatic N) is 3. The van der Waals surface area contributed by atoms with E-state index in [4.69, 9.17) is 0 Å². The highest BCUT2D eigenvalue weighted by atomic mass is 32.2. The van der Waals surface area contributed by atoms with Crippen LogP contribution in [0.15, 0.2) is 41.4 Å². The van der Waals surface area contributed by atoms with E-state index in [1.54, 1.807) is 23.8 Å². The van der Waals surface area contributed by atoms with Crippen LogP contribution in [0, 0.1) is 6.92 Å². The molecule has 0 amide bonds. The summed E-state index contributed by atoms with van der Waals surface area (Å²) in [5.41, 5.74) is 2.63. The van der Waals surface area contributed by atoms with Crippen molar-refractivity contribution in [1.29, 1.82) is 0 Å². The van der Waals surface area contributed by atoms with Crippen LogP contribution in [0.5, 0.6) is 0 Å². The highest BCUT2D eigenvalue weighted by Gasteiger charge is 2.11. The molecule has 0 spiro atoms. The molecule has 1 atom stereocenters. The van der Waals surface area contributed by atoms with Gasteiger partial charge in [-0.3, -0.25) is 4.21 Å². The normalized spacial score (nSPS) is 12.0. The molecular weight excluding hydrogens is 354 g/mol. The van der Waals surface area contributed by atoms with Gasteiger partial charge in [0.05, 0.1) is 16.3 Å². The number of anilines is 3. The minimum atomic E-state index is -0.985. The van der Waals surface area contributed by atoms with Gasteiger partial charge in [-0.05, 0) is 44.2 Å². The van der Waals surface area contributed by atoms with Crippen molar-refractivity contribution in [2.45, 2.75) is 18.7 Å². The van der Waals surface area contributed by atoms with Crippen molar-refractivity contribution in [2.24, 2.45) is 0 Å². The van der Waals surface area contributed by atoms with E-state index < -0.39 is 10.8 Å². The van der Waals surface area contributed by atoms with Crippen LogP contribution in [-0.2, 0) is 10.8 Å². The van der Waals surface area contributed by atoms with Crippen molar-refractivity contribution >= 4 is 38.9 Å². The molecule has 8 heteroatoms. The molecule has 2 N–H and O–H groups in total. The maximum atomic E-state index is 11.5. The summed E-state index contributed by atoms with van der Waals surface area (Å²) in [6.07, 6.45) is 3.39. The zero-order chi connectivity index (χ0) is 17.8. The van der Waals surface area contributed by atoms with Crippen LogP contribution in [0.4, 0.5) is 16.8 Å². The Hall–Kier alpha value is -2.32. The first-order valence-corrected chi connectivity index (χ1v) is 10.2. The number of rotatable bonds is 6. The van der Waals surface area contributed by atoms with Gasteiger partial charge in [-0.2, -0.15) is 0 Å². The van der Waals surface area contributed by atoms with Crippen molar-refractivity contribution in [3.05, 3.63) is 42.2 Å². The van der Waals surface area contributed by atoms with Gasteiger partial charge in [-0.15, -0.1) is 0 Å². The van der Waals surface area contributed by atoms with E-state index in [1.165, 1.54) is 0 Å². The quantitative estimate of drug-likeness (QED) is 0.684. The summed E-state index contributed by atoms with van der Waals surface area (Å²) >= 11 is 1.58. The molecule has 0 saturated carbocycles. The lowest BCUT2D eigenvalue weighted by Crippen LogP contribution is -1.98. The molecule has 3 aromatic rings.